The quantitative estimate of drug-likeness (QED) is 0.544. The van der Waals surface area contributed by atoms with Crippen molar-refractivity contribution in [3.05, 3.63) is 82.4 Å². The molecule has 0 amide bonds. The zero-order chi connectivity index (χ0) is 15.7. The molecule has 0 nitrogen and oxygen atoms in total. The van der Waals surface area contributed by atoms with Crippen molar-refractivity contribution in [2.75, 3.05) is 0 Å². The molecule has 0 aromatic heterocycles. The molecule has 22 heavy (non-hydrogen) atoms. The van der Waals surface area contributed by atoms with Gasteiger partial charge in [0.2, 0.25) is 0 Å². The van der Waals surface area contributed by atoms with Gasteiger partial charge in [0.15, 0.2) is 0 Å². The van der Waals surface area contributed by atoms with E-state index in [4.69, 9.17) is 0 Å². The lowest BCUT2D eigenvalue weighted by Gasteiger charge is -2.06. The Hall–Kier alpha value is -2.08. The Kier molecular flexibility index (Phi) is 4.02. The first kappa shape index (κ1) is 14.8. The van der Waals surface area contributed by atoms with Gasteiger partial charge in [-0.25, -0.2) is 0 Å². The fraction of sp³-hybridized carbons (Fsp3) is 0.273. The van der Waals surface area contributed by atoms with Gasteiger partial charge in [-0.15, -0.1) is 0 Å². The molecule has 0 spiro atoms. The Morgan fingerprint density at radius 2 is 1.55 bits per heavy atom. The van der Waals surface area contributed by atoms with Crippen LogP contribution in [0.1, 0.15) is 47.6 Å². The summed E-state index contributed by atoms with van der Waals surface area (Å²) in [5, 5.41) is 0. The summed E-state index contributed by atoms with van der Waals surface area (Å²) in [4.78, 5) is 0. The SMILES string of the molecule is Cc1cc(Cc2ccccc2)c2c(C)ccc(C(C)C)cc1-2. The molecule has 0 radical (unpaired) electrons. The van der Waals surface area contributed by atoms with Crippen LogP contribution in [-0.2, 0) is 6.42 Å². The van der Waals surface area contributed by atoms with Crippen LogP contribution in [0.3, 0.4) is 0 Å². The predicted molar refractivity (Wildman–Crippen MR) is 95.9 cm³/mol. The minimum Gasteiger partial charge on any atom is -0.0622 e. The fourth-order valence-electron chi connectivity index (χ4n) is 3.27. The van der Waals surface area contributed by atoms with Crippen LogP contribution in [0.15, 0.2) is 54.6 Å². The Balaban J connectivity index is 2.12. The summed E-state index contributed by atoms with van der Waals surface area (Å²) >= 11 is 0. The second-order valence-electron chi connectivity index (χ2n) is 6.62. The number of hydrogen-bond donors (Lipinski definition) is 0. The van der Waals surface area contributed by atoms with Crippen molar-refractivity contribution in [2.24, 2.45) is 0 Å². The minimum absolute atomic E-state index is 0.557. The number of fused-ring (bicyclic) bond motifs is 1. The molecule has 0 bridgehead atoms. The molecule has 0 heteroatoms. The van der Waals surface area contributed by atoms with Crippen LogP contribution in [0.25, 0.3) is 11.1 Å². The van der Waals surface area contributed by atoms with Crippen LogP contribution >= 0.6 is 0 Å². The van der Waals surface area contributed by atoms with Crippen molar-refractivity contribution in [1.82, 2.24) is 0 Å². The highest BCUT2D eigenvalue weighted by atomic mass is 14.2. The Morgan fingerprint density at radius 3 is 2.23 bits per heavy atom. The Morgan fingerprint density at radius 1 is 0.818 bits per heavy atom. The third kappa shape index (κ3) is 2.78. The van der Waals surface area contributed by atoms with Crippen molar-refractivity contribution in [1.29, 1.82) is 0 Å². The number of hydrogen-bond acceptors (Lipinski definition) is 0. The highest BCUT2D eigenvalue weighted by Crippen LogP contribution is 2.37. The predicted octanol–water partition coefficient (Wildman–Crippen LogP) is 6.12. The van der Waals surface area contributed by atoms with Crippen molar-refractivity contribution >= 4 is 0 Å². The largest absolute Gasteiger partial charge is 0.0622 e. The van der Waals surface area contributed by atoms with Crippen molar-refractivity contribution in [3.63, 3.8) is 0 Å². The summed E-state index contributed by atoms with van der Waals surface area (Å²) in [5.74, 6) is 0.557. The first-order valence-corrected chi connectivity index (χ1v) is 8.13. The van der Waals surface area contributed by atoms with Crippen LogP contribution in [0.4, 0.5) is 0 Å². The van der Waals surface area contributed by atoms with Crippen LogP contribution < -0.4 is 0 Å². The first-order chi connectivity index (χ1) is 10.6. The van der Waals surface area contributed by atoms with E-state index in [0.29, 0.717) is 5.92 Å². The summed E-state index contributed by atoms with van der Waals surface area (Å²) in [6, 6.07) is 20.1. The molecule has 112 valence electrons. The van der Waals surface area contributed by atoms with Gasteiger partial charge in [-0.3, -0.25) is 0 Å². The number of benzene rings is 1. The normalized spacial score (nSPS) is 11.3. The van der Waals surface area contributed by atoms with Crippen LogP contribution in [0.2, 0.25) is 0 Å². The summed E-state index contributed by atoms with van der Waals surface area (Å²) in [7, 11) is 0. The Labute approximate surface area is 134 Å². The smallest absolute Gasteiger partial charge is 0.00194 e. The molecule has 0 saturated carbocycles. The minimum atomic E-state index is 0.557. The summed E-state index contributed by atoms with van der Waals surface area (Å²) in [6.07, 6.45) is 1.01. The van der Waals surface area contributed by atoms with Crippen molar-refractivity contribution < 1.29 is 0 Å². The monoisotopic (exact) mass is 288 g/mol. The lowest BCUT2D eigenvalue weighted by molar-refractivity contribution is 0.868. The van der Waals surface area contributed by atoms with E-state index in [1.807, 2.05) is 0 Å². The van der Waals surface area contributed by atoms with E-state index >= 15 is 0 Å². The maximum absolute atomic E-state index is 2.39. The van der Waals surface area contributed by atoms with E-state index in [2.05, 4.69) is 82.3 Å². The molecule has 0 aliphatic heterocycles. The summed E-state index contributed by atoms with van der Waals surface area (Å²) < 4.78 is 0. The molecule has 2 aliphatic rings. The van der Waals surface area contributed by atoms with E-state index in [0.717, 1.165) is 6.42 Å². The molecule has 1 aromatic rings. The van der Waals surface area contributed by atoms with E-state index in [-0.39, 0.29) is 0 Å². The zero-order valence-electron chi connectivity index (χ0n) is 14.0. The van der Waals surface area contributed by atoms with Gasteiger partial charge in [0.1, 0.15) is 0 Å². The van der Waals surface area contributed by atoms with Gasteiger partial charge in [0, 0.05) is 0 Å². The van der Waals surface area contributed by atoms with Gasteiger partial charge < -0.3 is 0 Å². The van der Waals surface area contributed by atoms with Gasteiger partial charge in [-0.2, -0.15) is 0 Å². The molecule has 2 aliphatic carbocycles. The molecule has 0 unspecified atom stereocenters. The van der Waals surface area contributed by atoms with E-state index < -0.39 is 0 Å². The molecular formula is C22H24. The molecular weight excluding hydrogens is 264 g/mol. The highest BCUT2D eigenvalue weighted by Gasteiger charge is 2.16. The first-order valence-electron chi connectivity index (χ1n) is 8.13. The fourth-order valence-corrected chi connectivity index (χ4v) is 3.27. The third-order valence-corrected chi connectivity index (χ3v) is 4.54. The topological polar surface area (TPSA) is 0 Å². The molecule has 0 N–H and O–H groups in total. The third-order valence-electron chi connectivity index (χ3n) is 4.54. The zero-order valence-corrected chi connectivity index (χ0v) is 14.0. The standard InChI is InChI=1S/C22H24/c1-15(2)19-11-10-16(3)22-20(12-17(4)21(22)14-19)13-18-8-6-5-7-9-18/h5-12,14-15H,13H2,1-4H3. The average molecular weight is 288 g/mol. The lowest BCUT2D eigenvalue weighted by atomic mass is 9.98. The maximum Gasteiger partial charge on any atom is -0.00194 e. The molecule has 0 atom stereocenters. The number of rotatable bonds is 3. The number of aryl methyl sites for hydroxylation is 2. The van der Waals surface area contributed by atoms with Gasteiger partial charge in [-0.05, 0) is 65.1 Å². The van der Waals surface area contributed by atoms with E-state index in [1.165, 1.54) is 38.9 Å². The molecule has 3 rings (SSSR count). The Bertz CT molecular complexity index is 751. The lowest BCUT2D eigenvalue weighted by Crippen LogP contribution is -1.88. The summed E-state index contributed by atoms with van der Waals surface area (Å²) in [6.45, 7) is 9.00. The highest BCUT2D eigenvalue weighted by molar-refractivity contribution is 5.78. The molecule has 1 aromatic carbocycles. The van der Waals surface area contributed by atoms with Gasteiger partial charge >= 0.3 is 0 Å². The van der Waals surface area contributed by atoms with Crippen LogP contribution in [0.5, 0.6) is 0 Å². The van der Waals surface area contributed by atoms with Crippen molar-refractivity contribution in [2.45, 2.75) is 40.0 Å². The van der Waals surface area contributed by atoms with Crippen molar-refractivity contribution in [3.8, 4) is 11.1 Å². The van der Waals surface area contributed by atoms with Crippen LogP contribution in [0, 0.1) is 13.8 Å². The average Bonchev–Trinajstić information content (AvgIpc) is 2.67. The van der Waals surface area contributed by atoms with E-state index in [1.54, 1.807) is 0 Å². The van der Waals surface area contributed by atoms with E-state index in [9.17, 15) is 0 Å². The molecule has 0 heterocycles. The molecule has 0 fully saturated rings. The van der Waals surface area contributed by atoms with Gasteiger partial charge in [0.05, 0.1) is 0 Å². The second-order valence-corrected chi connectivity index (χ2v) is 6.62. The summed E-state index contributed by atoms with van der Waals surface area (Å²) in [5.41, 5.74) is 9.86. The van der Waals surface area contributed by atoms with Crippen LogP contribution in [-0.4, -0.2) is 0 Å². The maximum atomic E-state index is 2.39. The molecule has 0 saturated heterocycles. The van der Waals surface area contributed by atoms with Gasteiger partial charge in [-0.1, -0.05) is 68.4 Å². The second kappa shape index (κ2) is 5.96. The van der Waals surface area contributed by atoms with Gasteiger partial charge in [0.25, 0.3) is 0 Å².